The molecule has 1 aliphatic rings. The number of hydrogen-bond donors (Lipinski definition) is 1. The summed E-state index contributed by atoms with van der Waals surface area (Å²) in [6.07, 6.45) is 4.98. The first kappa shape index (κ1) is 13.1. The van der Waals surface area contributed by atoms with E-state index < -0.39 is 0 Å². The summed E-state index contributed by atoms with van der Waals surface area (Å²) in [5, 5.41) is 0. The quantitative estimate of drug-likeness (QED) is 0.834. The number of nitrogens with zero attached hydrogens (tertiary/aromatic N) is 1. The van der Waals surface area contributed by atoms with Crippen LogP contribution in [0.25, 0.3) is 0 Å². The number of amides is 1. The highest BCUT2D eigenvalue weighted by Crippen LogP contribution is 2.25. The first-order valence-corrected chi connectivity index (χ1v) is 6.84. The molecule has 3 nitrogen and oxygen atoms in total. The maximum Gasteiger partial charge on any atom is 0.227 e. The van der Waals surface area contributed by atoms with Gasteiger partial charge in [-0.1, -0.05) is 30.3 Å². The second-order valence-corrected chi connectivity index (χ2v) is 4.98. The molecule has 0 atom stereocenters. The molecular formula is C15H22N2O. The van der Waals surface area contributed by atoms with Crippen LogP contribution in [-0.2, 0) is 11.2 Å². The predicted molar refractivity (Wildman–Crippen MR) is 73.2 cm³/mol. The standard InChI is InChI=1S/C15H22N2O/c16-10-5-11-17(14-8-4-9-14)15(18)12-13-6-2-1-3-7-13/h1-3,6-7,14H,4-5,8-12,16H2. The Morgan fingerprint density at radius 2 is 2.00 bits per heavy atom. The summed E-state index contributed by atoms with van der Waals surface area (Å²) in [4.78, 5) is 14.4. The van der Waals surface area contributed by atoms with Crippen LogP contribution in [0.1, 0.15) is 31.2 Å². The Balaban J connectivity index is 1.94. The molecule has 0 aromatic heterocycles. The molecule has 1 saturated carbocycles. The van der Waals surface area contributed by atoms with Crippen LogP contribution in [0.2, 0.25) is 0 Å². The van der Waals surface area contributed by atoms with Crippen LogP contribution in [0.15, 0.2) is 30.3 Å². The second-order valence-electron chi connectivity index (χ2n) is 4.98. The number of carbonyl (C=O) groups is 1. The molecule has 1 aromatic rings. The topological polar surface area (TPSA) is 46.3 Å². The molecule has 2 rings (SSSR count). The van der Waals surface area contributed by atoms with Gasteiger partial charge in [0.25, 0.3) is 0 Å². The van der Waals surface area contributed by atoms with Gasteiger partial charge >= 0.3 is 0 Å². The van der Waals surface area contributed by atoms with Gasteiger partial charge in [-0.3, -0.25) is 4.79 Å². The number of carbonyl (C=O) groups excluding carboxylic acids is 1. The third-order valence-electron chi connectivity index (χ3n) is 3.64. The molecule has 0 radical (unpaired) electrons. The van der Waals surface area contributed by atoms with Crippen molar-refractivity contribution in [3.63, 3.8) is 0 Å². The zero-order chi connectivity index (χ0) is 12.8. The molecule has 3 heteroatoms. The Kier molecular flexibility index (Phi) is 4.76. The molecule has 0 aliphatic heterocycles. The summed E-state index contributed by atoms with van der Waals surface area (Å²) in [7, 11) is 0. The zero-order valence-corrected chi connectivity index (χ0v) is 10.8. The fourth-order valence-corrected chi connectivity index (χ4v) is 2.34. The minimum atomic E-state index is 0.249. The largest absolute Gasteiger partial charge is 0.339 e. The van der Waals surface area contributed by atoms with Gasteiger partial charge in [0.15, 0.2) is 0 Å². The molecule has 1 aliphatic carbocycles. The highest BCUT2D eigenvalue weighted by molar-refractivity contribution is 5.79. The van der Waals surface area contributed by atoms with Crippen molar-refractivity contribution in [2.24, 2.45) is 5.73 Å². The summed E-state index contributed by atoms with van der Waals surface area (Å²) in [5.74, 6) is 0.249. The van der Waals surface area contributed by atoms with E-state index in [1.807, 2.05) is 35.2 Å². The van der Waals surface area contributed by atoms with E-state index in [0.717, 1.165) is 31.4 Å². The average Bonchev–Trinajstić information content (AvgIpc) is 2.33. The monoisotopic (exact) mass is 246 g/mol. The van der Waals surface area contributed by atoms with Gasteiger partial charge in [0, 0.05) is 12.6 Å². The van der Waals surface area contributed by atoms with E-state index in [4.69, 9.17) is 5.73 Å². The molecule has 0 bridgehead atoms. The van der Waals surface area contributed by atoms with E-state index in [9.17, 15) is 4.79 Å². The van der Waals surface area contributed by atoms with Crippen LogP contribution >= 0.6 is 0 Å². The van der Waals surface area contributed by atoms with Gasteiger partial charge < -0.3 is 10.6 Å². The van der Waals surface area contributed by atoms with Gasteiger partial charge in [-0.2, -0.15) is 0 Å². The number of hydrogen-bond acceptors (Lipinski definition) is 2. The van der Waals surface area contributed by atoms with Crippen LogP contribution in [0.5, 0.6) is 0 Å². The van der Waals surface area contributed by atoms with Crippen molar-refractivity contribution < 1.29 is 4.79 Å². The first-order valence-electron chi connectivity index (χ1n) is 6.84. The lowest BCUT2D eigenvalue weighted by Gasteiger charge is -2.37. The van der Waals surface area contributed by atoms with Crippen molar-refractivity contribution >= 4 is 5.91 Å². The van der Waals surface area contributed by atoms with Crippen molar-refractivity contribution in [1.29, 1.82) is 0 Å². The highest BCUT2D eigenvalue weighted by Gasteiger charge is 2.27. The van der Waals surface area contributed by atoms with E-state index in [1.54, 1.807) is 0 Å². The van der Waals surface area contributed by atoms with E-state index in [2.05, 4.69) is 0 Å². The summed E-state index contributed by atoms with van der Waals surface area (Å²) < 4.78 is 0. The van der Waals surface area contributed by atoms with Gasteiger partial charge in [0.05, 0.1) is 6.42 Å². The molecule has 18 heavy (non-hydrogen) atoms. The lowest BCUT2D eigenvalue weighted by molar-refractivity contribution is -0.134. The molecule has 0 spiro atoms. The minimum Gasteiger partial charge on any atom is -0.339 e. The highest BCUT2D eigenvalue weighted by atomic mass is 16.2. The maximum atomic E-state index is 12.3. The van der Waals surface area contributed by atoms with E-state index in [0.29, 0.717) is 19.0 Å². The average molecular weight is 246 g/mol. The van der Waals surface area contributed by atoms with E-state index in [1.165, 1.54) is 6.42 Å². The Morgan fingerprint density at radius 1 is 1.28 bits per heavy atom. The number of benzene rings is 1. The van der Waals surface area contributed by atoms with Crippen LogP contribution in [0, 0.1) is 0 Å². The Bertz CT molecular complexity index is 373. The van der Waals surface area contributed by atoms with Crippen LogP contribution in [0.3, 0.4) is 0 Å². The van der Waals surface area contributed by atoms with Gasteiger partial charge in [-0.25, -0.2) is 0 Å². The fourth-order valence-electron chi connectivity index (χ4n) is 2.34. The van der Waals surface area contributed by atoms with Gasteiger partial charge in [-0.15, -0.1) is 0 Å². The Morgan fingerprint density at radius 3 is 2.56 bits per heavy atom. The third-order valence-corrected chi connectivity index (χ3v) is 3.64. The molecule has 0 unspecified atom stereocenters. The molecular weight excluding hydrogens is 224 g/mol. The molecule has 1 fully saturated rings. The Labute approximate surface area is 109 Å². The molecule has 2 N–H and O–H groups in total. The molecule has 0 saturated heterocycles. The van der Waals surface area contributed by atoms with Crippen molar-refractivity contribution in [3.05, 3.63) is 35.9 Å². The zero-order valence-electron chi connectivity index (χ0n) is 10.8. The second kappa shape index (κ2) is 6.55. The van der Waals surface area contributed by atoms with Gasteiger partial charge in [0.1, 0.15) is 0 Å². The molecule has 1 amide bonds. The summed E-state index contributed by atoms with van der Waals surface area (Å²) >= 11 is 0. The van der Waals surface area contributed by atoms with Crippen LogP contribution in [0.4, 0.5) is 0 Å². The third kappa shape index (κ3) is 3.33. The van der Waals surface area contributed by atoms with Crippen molar-refractivity contribution in [3.8, 4) is 0 Å². The normalized spacial score (nSPS) is 15.2. The maximum absolute atomic E-state index is 12.3. The summed E-state index contributed by atoms with van der Waals surface area (Å²) in [6.45, 7) is 1.47. The molecule has 1 aromatic carbocycles. The van der Waals surface area contributed by atoms with Crippen LogP contribution in [-0.4, -0.2) is 29.9 Å². The summed E-state index contributed by atoms with van der Waals surface area (Å²) in [5.41, 5.74) is 6.65. The SMILES string of the molecule is NCCCN(C(=O)Cc1ccccc1)C1CCC1. The molecule has 0 heterocycles. The number of nitrogens with two attached hydrogens (primary N) is 1. The van der Waals surface area contributed by atoms with Crippen LogP contribution < -0.4 is 5.73 Å². The molecule has 98 valence electrons. The number of rotatable bonds is 6. The van der Waals surface area contributed by atoms with E-state index in [-0.39, 0.29) is 5.91 Å². The lowest BCUT2D eigenvalue weighted by atomic mass is 9.91. The minimum absolute atomic E-state index is 0.249. The lowest BCUT2D eigenvalue weighted by Crippen LogP contribution is -2.45. The van der Waals surface area contributed by atoms with E-state index >= 15 is 0 Å². The van der Waals surface area contributed by atoms with Crippen molar-refractivity contribution in [2.75, 3.05) is 13.1 Å². The smallest absolute Gasteiger partial charge is 0.227 e. The van der Waals surface area contributed by atoms with Gasteiger partial charge in [0.2, 0.25) is 5.91 Å². The Hall–Kier alpha value is -1.35. The van der Waals surface area contributed by atoms with Gasteiger partial charge in [-0.05, 0) is 37.8 Å². The summed E-state index contributed by atoms with van der Waals surface area (Å²) in [6, 6.07) is 10.4. The first-order chi connectivity index (χ1) is 8.81. The van der Waals surface area contributed by atoms with Crippen molar-refractivity contribution in [1.82, 2.24) is 4.90 Å². The fraction of sp³-hybridized carbons (Fsp3) is 0.533. The predicted octanol–water partition coefficient (Wildman–Crippen LogP) is 1.96. The van der Waals surface area contributed by atoms with Crippen molar-refractivity contribution in [2.45, 2.75) is 38.1 Å².